The van der Waals surface area contributed by atoms with E-state index in [1.807, 2.05) is 18.2 Å². The lowest BCUT2D eigenvalue weighted by Gasteiger charge is -2.17. The third-order valence-corrected chi connectivity index (χ3v) is 3.91. The first-order valence-corrected chi connectivity index (χ1v) is 6.49. The molecular formula is C13H20O2S. The Hall–Kier alpha value is -0.670. The molecule has 2 nitrogen and oxygen atoms in total. The molecule has 0 fully saturated rings. The summed E-state index contributed by atoms with van der Waals surface area (Å²) in [6.45, 7) is 6.13. The Labute approximate surface area is 102 Å². The zero-order valence-electron chi connectivity index (χ0n) is 10.4. The third-order valence-electron chi connectivity index (χ3n) is 2.57. The van der Waals surface area contributed by atoms with E-state index in [-0.39, 0.29) is 0 Å². The van der Waals surface area contributed by atoms with E-state index in [1.165, 1.54) is 0 Å². The highest BCUT2D eigenvalue weighted by atomic mass is 32.2. The van der Waals surface area contributed by atoms with Crippen LogP contribution in [0.5, 0.6) is 5.75 Å². The fourth-order valence-electron chi connectivity index (χ4n) is 1.52. The molecule has 1 aromatic carbocycles. The summed E-state index contributed by atoms with van der Waals surface area (Å²) in [4.78, 5) is 1.11. The molecule has 3 heteroatoms. The topological polar surface area (TPSA) is 29.5 Å². The van der Waals surface area contributed by atoms with E-state index in [2.05, 4.69) is 13.8 Å². The summed E-state index contributed by atoms with van der Waals surface area (Å²) in [5.74, 6) is 0.767. The van der Waals surface area contributed by atoms with Gasteiger partial charge in [-0.05, 0) is 25.5 Å². The molecule has 0 amide bonds. The molecule has 1 N–H and O–H groups in total. The number of hydrogen-bond acceptors (Lipinski definition) is 3. The van der Waals surface area contributed by atoms with E-state index >= 15 is 0 Å². The van der Waals surface area contributed by atoms with Crippen LogP contribution in [0.15, 0.2) is 23.1 Å². The molecule has 90 valence electrons. The van der Waals surface area contributed by atoms with Gasteiger partial charge in [0.25, 0.3) is 0 Å². The van der Waals surface area contributed by atoms with Crippen LogP contribution < -0.4 is 4.74 Å². The van der Waals surface area contributed by atoms with Gasteiger partial charge in [0.2, 0.25) is 0 Å². The smallest absolute Gasteiger partial charge is 0.125 e. The molecular weight excluding hydrogens is 220 g/mol. The number of aliphatic hydroxyl groups is 1. The molecule has 0 aliphatic carbocycles. The number of thioether (sulfide) groups is 1. The van der Waals surface area contributed by atoms with Crippen LogP contribution in [0.4, 0.5) is 0 Å². The van der Waals surface area contributed by atoms with E-state index in [4.69, 9.17) is 4.74 Å². The van der Waals surface area contributed by atoms with Crippen LogP contribution in [0.25, 0.3) is 0 Å². The Morgan fingerprint density at radius 3 is 2.56 bits per heavy atom. The Kier molecular flexibility index (Phi) is 5.16. The van der Waals surface area contributed by atoms with Gasteiger partial charge >= 0.3 is 0 Å². The summed E-state index contributed by atoms with van der Waals surface area (Å²) in [6, 6.07) is 5.90. The highest BCUT2D eigenvalue weighted by Crippen LogP contribution is 2.37. The highest BCUT2D eigenvalue weighted by Gasteiger charge is 2.15. The first-order valence-electron chi connectivity index (χ1n) is 5.61. The van der Waals surface area contributed by atoms with Gasteiger partial charge in [0.1, 0.15) is 5.75 Å². The second-order valence-corrected chi connectivity index (χ2v) is 5.37. The monoisotopic (exact) mass is 240 g/mol. The van der Waals surface area contributed by atoms with Crippen molar-refractivity contribution in [1.82, 2.24) is 0 Å². The Bertz CT molecular complexity index is 337. The van der Waals surface area contributed by atoms with Crippen LogP contribution >= 0.6 is 11.8 Å². The van der Waals surface area contributed by atoms with Crippen molar-refractivity contribution in [2.24, 2.45) is 0 Å². The van der Waals surface area contributed by atoms with Crippen molar-refractivity contribution in [3.05, 3.63) is 23.8 Å². The normalized spacial score (nSPS) is 14.6. The van der Waals surface area contributed by atoms with Crippen LogP contribution in [0.3, 0.4) is 0 Å². The molecule has 0 heterocycles. The van der Waals surface area contributed by atoms with E-state index in [0.29, 0.717) is 5.25 Å². The van der Waals surface area contributed by atoms with E-state index in [0.717, 1.165) is 22.6 Å². The molecule has 2 atom stereocenters. The molecule has 0 aliphatic heterocycles. The van der Waals surface area contributed by atoms with Crippen molar-refractivity contribution in [2.75, 3.05) is 7.11 Å². The third kappa shape index (κ3) is 3.16. The average molecular weight is 240 g/mol. The van der Waals surface area contributed by atoms with Gasteiger partial charge in [-0.15, -0.1) is 11.8 Å². The minimum atomic E-state index is -0.497. The molecule has 1 unspecified atom stereocenters. The van der Waals surface area contributed by atoms with Crippen LogP contribution in [0.2, 0.25) is 0 Å². The fraction of sp³-hybridized carbons (Fsp3) is 0.538. The number of hydrogen-bond donors (Lipinski definition) is 1. The zero-order valence-corrected chi connectivity index (χ0v) is 11.2. The summed E-state index contributed by atoms with van der Waals surface area (Å²) in [6.07, 6.45) is 0.615. The van der Waals surface area contributed by atoms with Crippen molar-refractivity contribution < 1.29 is 9.84 Å². The summed E-state index contributed by atoms with van der Waals surface area (Å²) >= 11 is 1.79. The standard InChI is InChI=1S/C13H20O2S/c1-5-9(2)16-12-8-6-7-11(15-4)13(12)10(3)14/h6-10,14H,5H2,1-4H3/t9?,10-/m1/s1. The van der Waals surface area contributed by atoms with Crippen molar-refractivity contribution in [3.63, 3.8) is 0 Å². The van der Waals surface area contributed by atoms with E-state index in [1.54, 1.807) is 25.8 Å². The average Bonchev–Trinajstić information content (AvgIpc) is 2.28. The van der Waals surface area contributed by atoms with Gasteiger partial charge in [-0.25, -0.2) is 0 Å². The Balaban J connectivity index is 3.07. The Morgan fingerprint density at radius 2 is 2.06 bits per heavy atom. The first-order chi connectivity index (χ1) is 7.60. The summed E-state index contributed by atoms with van der Waals surface area (Å²) in [7, 11) is 1.64. The Morgan fingerprint density at radius 1 is 1.38 bits per heavy atom. The van der Waals surface area contributed by atoms with Gasteiger partial charge in [0, 0.05) is 15.7 Å². The number of benzene rings is 1. The fourth-order valence-corrected chi connectivity index (χ4v) is 2.67. The largest absolute Gasteiger partial charge is 0.496 e. The predicted molar refractivity (Wildman–Crippen MR) is 69.2 cm³/mol. The van der Waals surface area contributed by atoms with Crippen molar-refractivity contribution in [3.8, 4) is 5.75 Å². The highest BCUT2D eigenvalue weighted by molar-refractivity contribution is 8.00. The zero-order chi connectivity index (χ0) is 12.1. The van der Waals surface area contributed by atoms with Gasteiger partial charge in [-0.2, -0.15) is 0 Å². The van der Waals surface area contributed by atoms with Gasteiger partial charge in [-0.1, -0.05) is 19.9 Å². The second kappa shape index (κ2) is 6.16. The summed E-state index contributed by atoms with van der Waals surface area (Å²) in [5.41, 5.74) is 0.898. The van der Waals surface area contributed by atoms with Gasteiger partial charge in [0.05, 0.1) is 13.2 Å². The molecule has 0 aliphatic rings. The molecule has 1 aromatic rings. The molecule has 0 aromatic heterocycles. The number of aliphatic hydroxyl groups excluding tert-OH is 1. The maximum Gasteiger partial charge on any atom is 0.125 e. The molecule has 1 rings (SSSR count). The predicted octanol–water partition coefficient (Wildman–Crippen LogP) is 3.64. The van der Waals surface area contributed by atoms with Gasteiger partial charge in [-0.3, -0.25) is 0 Å². The lowest BCUT2D eigenvalue weighted by molar-refractivity contribution is 0.191. The van der Waals surface area contributed by atoms with Crippen molar-refractivity contribution >= 4 is 11.8 Å². The molecule has 0 bridgehead atoms. The second-order valence-electron chi connectivity index (χ2n) is 3.88. The maximum absolute atomic E-state index is 9.81. The van der Waals surface area contributed by atoms with E-state index in [9.17, 15) is 5.11 Å². The van der Waals surface area contributed by atoms with Crippen LogP contribution in [-0.4, -0.2) is 17.5 Å². The van der Waals surface area contributed by atoms with Crippen LogP contribution in [-0.2, 0) is 0 Å². The van der Waals surface area contributed by atoms with Crippen LogP contribution in [0.1, 0.15) is 38.9 Å². The summed E-state index contributed by atoms with van der Waals surface area (Å²) in [5, 5.41) is 10.4. The van der Waals surface area contributed by atoms with Gasteiger partial charge < -0.3 is 9.84 Å². The van der Waals surface area contributed by atoms with Crippen molar-refractivity contribution in [1.29, 1.82) is 0 Å². The first kappa shape index (κ1) is 13.4. The van der Waals surface area contributed by atoms with E-state index < -0.39 is 6.10 Å². The number of rotatable bonds is 5. The van der Waals surface area contributed by atoms with Crippen LogP contribution in [0, 0.1) is 0 Å². The minimum absolute atomic E-state index is 0.497. The van der Waals surface area contributed by atoms with Gasteiger partial charge in [0.15, 0.2) is 0 Å². The maximum atomic E-state index is 9.81. The molecule has 0 saturated carbocycles. The SMILES string of the molecule is CCC(C)Sc1cccc(OC)c1[C@@H](C)O. The van der Waals surface area contributed by atoms with Crippen molar-refractivity contribution in [2.45, 2.75) is 43.4 Å². The number of ether oxygens (including phenoxy) is 1. The molecule has 0 spiro atoms. The number of methoxy groups -OCH3 is 1. The lowest BCUT2D eigenvalue weighted by atomic mass is 10.1. The minimum Gasteiger partial charge on any atom is -0.496 e. The molecule has 0 saturated heterocycles. The summed E-state index contributed by atoms with van der Waals surface area (Å²) < 4.78 is 5.29. The molecule has 16 heavy (non-hydrogen) atoms. The lowest BCUT2D eigenvalue weighted by Crippen LogP contribution is -2.01. The molecule has 0 radical (unpaired) electrons. The quantitative estimate of drug-likeness (QED) is 0.797.